The van der Waals surface area contributed by atoms with Gasteiger partial charge in [-0.25, -0.2) is 0 Å². The zero-order chi connectivity index (χ0) is 12.1. The number of rotatable bonds is 4. The minimum atomic E-state index is 0.502. The van der Waals surface area contributed by atoms with Crippen molar-refractivity contribution in [2.75, 3.05) is 13.1 Å². The van der Waals surface area contributed by atoms with Gasteiger partial charge >= 0.3 is 0 Å². The fourth-order valence-electron chi connectivity index (χ4n) is 3.75. The van der Waals surface area contributed by atoms with Gasteiger partial charge in [-0.05, 0) is 57.5 Å². The van der Waals surface area contributed by atoms with E-state index in [9.17, 15) is 0 Å². The Morgan fingerprint density at radius 2 is 1.94 bits per heavy atom. The first kappa shape index (κ1) is 13.4. The fraction of sp³-hybridized carbons (Fsp3) is 1.00. The van der Waals surface area contributed by atoms with Crippen LogP contribution in [-0.4, -0.2) is 30.1 Å². The summed E-state index contributed by atoms with van der Waals surface area (Å²) >= 11 is 0. The Balaban J connectivity index is 1.78. The van der Waals surface area contributed by atoms with Crippen molar-refractivity contribution in [3.8, 4) is 0 Å². The Morgan fingerprint density at radius 1 is 1.06 bits per heavy atom. The van der Waals surface area contributed by atoms with Gasteiger partial charge in [0.05, 0.1) is 0 Å². The van der Waals surface area contributed by atoms with Crippen LogP contribution in [0.3, 0.4) is 0 Å². The van der Waals surface area contributed by atoms with Crippen molar-refractivity contribution in [3.05, 3.63) is 0 Å². The minimum absolute atomic E-state index is 0.502. The molecule has 17 heavy (non-hydrogen) atoms. The second kappa shape index (κ2) is 6.75. The Hall–Kier alpha value is -0.0800. The Kier molecular flexibility index (Phi) is 5.30. The average Bonchev–Trinajstić information content (AvgIpc) is 2.63. The molecule has 2 heteroatoms. The van der Waals surface area contributed by atoms with E-state index in [-0.39, 0.29) is 0 Å². The van der Waals surface area contributed by atoms with Crippen LogP contribution in [0, 0.1) is 5.92 Å². The van der Waals surface area contributed by atoms with Crippen LogP contribution in [0.5, 0.6) is 0 Å². The number of nitrogens with two attached hydrogens (primary N) is 1. The summed E-state index contributed by atoms with van der Waals surface area (Å²) in [7, 11) is 0. The highest BCUT2D eigenvalue weighted by Crippen LogP contribution is 2.28. The lowest BCUT2D eigenvalue weighted by Crippen LogP contribution is -2.37. The maximum absolute atomic E-state index is 6.17. The van der Waals surface area contributed by atoms with E-state index >= 15 is 0 Å². The van der Waals surface area contributed by atoms with Gasteiger partial charge in [0.1, 0.15) is 0 Å². The first-order chi connectivity index (χ1) is 8.31. The van der Waals surface area contributed by atoms with Crippen molar-refractivity contribution in [2.24, 2.45) is 11.7 Å². The van der Waals surface area contributed by atoms with Gasteiger partial charge in [0.15, 0.2) is 0 Å². The van der Waals surface area contributed by atoms with Crippen molar-refractivity contribution in [1.82, 2.24) is 4.90 Å². The third-order valence-electron chi connectivity index (χ3n) is 4.98. The van der Waals surface area contributed by atoms with Crippen LogP contribution in [0.2, 0.25) is 0 Å². The summed E-state index contributed by atoms with van der Waals surface area (Å²) in [5.74, 6) is 0.816. The molecule has 1 heterocycles. The van der Waals surface area contributed by atoms with E-state index in [2.05, 4.69) is 11.8 Å². The molecule has 2 nitrogen and oxygen atoms in total. The number of hydrogen-bond acceptors (Lipinski definition) is 2. The molecule has 0 aromatic heterocycles. The summed E-state index contributed by atoms with van der Waals surface area (Å²) in [4.78, 5) is 2.76. The molecule has 0 aromatic carbocycles. The van der Waals surface area contributed by atoms with E-state index < -0.39 is 0 Å². The summed E-state index contributed by atoms with van der Waals surface area (Å²) < 4.78 is 0. The first-order valence-electron chi connectivity index (χ1n) is 7.81. The average molecular weight is 238 g/mol. The third-order valence-corrected chi connectivity index (χ3v) is 4.98. The molecule has 0 radical (unpaired) electrons. The maximum Gasteiger partial charge on any atom is 0.00926 e. The molecule has 0 aromatic rings. The van der Waals surface area contributed by atoms with Crippen LogP contribution in [0.15, 0.2) is 0 Å². The minimum Gasteiger partial charge on any atom is -0.327 e. The molecule has 3 atom stereocenters. The molecule has 0 bridgehead atoms. The van der Waals surface area contributed by atoms with Crippen LogP contribution in [-0.2, 0) is 0 Å². The van der Waals surface area contributed by atoms with Crippen LogP contribution < -0.4 is 5.73 Å². The van der Waals surface area contributed by atoms with Crippen molar-refractivity contribution >= 4 is 0 Å². The lowest BCUT2D eigenvalue weighted by Gasteiger charge is -2.30. The zero-order valence-electron chi connectivity index (χ0n) is 11.5. The molecule has 2 rings (SSSR count). The molecular formula is C15H30N2. The normalized spacial score (nSPS) is 36.0. The van der Waals surface area contributed by atoms with E-state index in [0.717, 1.165) is 12.0 Å². The van der Waals surface area contributed by atoms with Crippen molar-refractivity contribution in [2.45, 2.75) is 76.8 Å². The smallest absolute Gasteiger partial charge is 0.00926 e. The van der Waals surface area contributed by atoms with Crippen molar-refractivity contribution in [1.29, 1.82) is 0 Å². The van der Waals surface area contributed by atoms with E-state index in [1.807, 2.05) is 0 Å². The Morgan fingerprint density at radius 3 is 2.65 bits per heavy atom. The number of hydrogen-bond donors (Lipinski definition) is 1. The summed E-state index contributed by atoms with van der Waals surface area (Å²) in [6.07, 6.45) is 12.4. The molecule has 2 aliphatic rings. The van der Waals surface area contributed by atoms with Crippen LogP contribution in [0.25, 0.3) is 0 Å². The maximum atomic E-state index is 6.17. The molecule has 100 valence electrons. The quantitative estimate of drug-likeness (QED) is 0.815. The predicted molar refractivity (Wildman–Crippen MR) is 74.1 cm³/mol. The van der Waals surface area contributed by atoms with Crippen molar-refractivity contribution < 1.29 is 0 Å². The molecule has 1 aliphatic heterocycles. The molecule has 1 saturated heterocycles. The van der Waals surface area contributed by atoms with Crippen LogP contribution >= 0.6 is 0 Å². The molecule has 1 saturated carbocycles. The predicted octanol–water partition coefficient (Wildman–Crippen LogP) is 3.16. The van der Waals surface area contributed by atoms with Gasteiger partial charge in [-0.3, -0.25) is 0 Å². The van der Waals surface area contributed by atoms with Gasteiger partial charge in [-0.1, -0.05) is 26.2 Å². The Bertz CT molecular complexity index is 217. The number of nitrogens with zero attached hydrogens (tertiary/aromatic N) is 1. The zero-order valence-corrected chi connectivity index (χ0v) is 11.5. The second-order valence-corrected chi connectivity index (χ2v) is 6.09. The van der Waals surface area contributed by atoms with Gasteiger partial charge in [-0.15, -0.1) is 0 Å². The van der Waals surface area contributed by atoms with E-state index in [1.165, 1.54) is 70.9 Å². The van der Waals surface area contributed by atoms with Crippen LogP contribution in [0.4, 0.5) is 0 Å². The van der Waals surface area contributed by atoms with E-state index in [4.69, 9.17) is 5.73 Å². The molecule has 1 aliphatic carbocycles. The van der Waals surface area contributed by atoms with Gasteiger partial charge in [0.25, 0.3) is 0 Å². The SMILES string of the molecule is CCC1CCCCCN1CCC1CCCC1N. The van der Waals surface area contributed by atoms with Gasteiger partial charge in [-0.2, -0.15) is 0 Å². The van der Waals surface area contributed by atoms with Gasteiger partial charge in [0.2, 0.25) is 0 Å². The summed E-state index contributed by atoms with van der Waals surface area (Å²) in [5.41, 5.74) is 6.17. The summed E-state index contributed by atoms with van der Waals surface area (Å²) in [5, 5.41) is 0. The molecule has 0 spiro atoms. The van der Waals surface area contributed by atoms with Gasteiger partial charge in [0, 0.05) is 12.1 Å². The highest BCUT2D eigenvalue weighted by molar-refractivity contribution is 4.82. The lowest BCUT2D eigenvalue weighted by atomic mass is 9.99. The monoisotopic (exact) mass is 238 g/mol. The second-order valence-electron chi connectivity index (χ2n) is 6.09. The highest BCUT2D eigenvalue weighted by atomic mass is 15.2. The van der Waals surface area contributed by atoms with E-state index in [1.54, 1.807) is 0 Å². The third kappa shape index (κ3) is 3.69. The molecular weight excluding hydrogens is 208 g/mol. The largest absolute Gasteiger partial charge is 0.327 e. The molecule has 2 N–H and O–H groups in total. The number of likely N-dealkylation sites (tertiary alicyclic amines) is 1. The molecule has 2 fully saturated rings. The molecule has 3 unspecified atom stereocenters. The topological polar surface area (TPSA) is 29.3 Å². The fourth-order valence-corrected chi connectivity index (χ4v) is 3.75. The summed E-state index contributed by atoms with van der Waals surface area (Å²) in [6, 6.07) is 1.36. The van der Waals surface area contributed by atoms with E-state index in [0.29, 0.717) is 6.04 Å². The van der Waals surface area contributed by atoms with Crippen LogP contribution in [0.1, 0.15) is 64.7 Å². The van der Waals surface area contributed by atoms with Gasteiger partial charge < -0.3 is 10.6 Å². The first-order valence-corrected chi connectivity index (χ1v) is 7.81. The lowest BCUT2D eigenvalue weighted by molar-refractivity contribution is 0.179. The highest BCUT2D eigenvalue weighted by Gasteiger charge is 2.26. The summed E-state index contributed by atoms with van der Waals surface area (Å²) in [6.45, 7) is 4.99. The molecule has 0 amide bonds. The van der Waals surface area contributed by atoms with Crippen molar-refractivity contribution in [3.63, 3.8) is 0 Å². The Labute approximate surface area is 107 Å². The standard InChI is InChI=1S/C15H30N2/c1-2-14-8-4-3-5-11-17(14)12-10-13-7-6-9-15(13)16/h13-15H,2-12,16H2,1H3.